The third kappa shape index (κ3) is 5.43. The zero-order chi connectivity index (χ0) is 13.2. The molecule has 2 N–H and O–H groups in total. The molecule has 18 heavy (non-hydrogen) atoms. The van der Waals surface area contributed by atoms with Crippen molar-refractivity contribution in [1.82, 2.24) is 5.32 Å². The summed E-state index contributed by atoms with van der Waals surface area (Å²) in [6.07, 6.45) is 0.389. The van der Waals surface area contributed by atoms with Gasteiger partial charge in [-0.05, 0) is 18.2 Å². The summed E-state index contributed by atoms with van der Waals surface area (Å²) in [4.78, 5) is 11.6. The lowest BCUT2D eigenvalue weighted by atomic mass is 10.2. The number of carbonyl (C=O) groups is 1. The van der Waals surface area contributed by atoms with Crippen LogP contribution >= 0.6 is 0 Å². The summed E-state index contributed by atoms with van der Waals surface area (Å²) in [7, 11) is 1.64. The van der Waals surface area contributed by atoms with Crippen molar-refractivity contribution < 1.29 is 9.53 Å². The highest BCUT2D eigenvalue weighted by Gasteiger charge is 2.02. The minimum atomic E-state index is -0.0741. The molecule has 0 radical (unpaired) electrons. The SMILES string of the molecule is COCCNCCC(=O)Nc1cccc(C#N)c1. The average molecular weight is 247 g/mol. The lowest BCUT2D eigenvalue weighted by molar-refractivity contribution is -0.116. The Hall–Kier alpha value is -1.90. The van der Waals surface area contributed by atoms with Crippen LogP contribution in [-0.4, -0.2) is 32.7 Å². The number of nitrogens with zero attached hydrogens (tertiary/aromatic N) is 1. The van der Waals surface area contributed by atoms with Gasteiger partial charge in [-0.1, -0.05) is 6.07 Å². The molecule has 0 bridgehead atoms. The summed E-state index contributed by atoms with van der Waals surface area (Å²) >= 11 is 0. The number of rotatable bonds is 7. The quantitative estimate of drug-likeness (QED) is 0.708. The van der Waals surface area contributed by atoms with Gasteiger partial charge in [0.1, 0.15) is 0 Å². The Balaban J connectivity index is 2.29. The third-order valence-corrected chi connectivity index (χ3v) is 2.29. The molecule has 1 amide bonds. The third-order valence-electron chi connectivity index (χ3n) is 2.29. The zero-order valence-electron chi connectivity index (χ0n) is 10.4. The van der Waals surface area contributed by atoms with Gasteiger partial charge in [0.2, 0.25) is 5.91 Å². The first kappa shape index (κ1) is 14.2. The number of nitrogens with one attached hydrogen (secondary N) is 2. The number of hydrogen-bond donors (Lipinski definition) is 2. The second kappa shape index (κ2) is 8.23. The van der Waals surface area contributed by atoms with Crippen LogP contribution in [0.25, 0.3) is 0 Å². The van der Waals surface area contributed by atoms with E-state index in [-0.39, 0.29) is 5.91 Å². The molecule has 0 atom stereocenters. The maximum Gasteiger partial charge on any atom is 0.225 e. The van der Waals surface area contributed by atoms with Crippen molar-refractivity contribution in [3.05, 3.63) is 29.8 Å². The summed E-state index contributed by atoms with van der Waals surface area (Å²) in [6.45, 7) is 1.96. The fourth-order valence-corrected chi connectivity index (χ4v) is 1.39. The molecule has 0 aromatic heterocycles. The number of carbonyl (C=O) groups excluding carboxylic acids is 1. The van der Waals surface area contributed by atoms with E-state index >= 15 is 0 Å². The van der Waals surface area contributed by atoms with E-state index < -0.39 is 0 Å². The van der Waals surface area contributed by atoms with Gasteiger partial charge in [0.15, 0.2) is 0 Å². The smallest absolute Gasteiger partial charge is 0.225 e. The normalized spacial score (nSPS) is 9.78. The molecule has 0 aliphatic carbocycles. The van der Waals surface area contributed by atoms with Gasteiger partial charge in [-0.3, -0.25) is 4.79 Å². The summed E-state index contributed by atoms with van der Waals surface area (Å²) < 4.78 is 4.88. The molecule has 0 aliphatic heterocycles. The Kier molecular flexibility index (Phi) is 6.47. The van der Waals surface area contributed by atoms with Crippen LogP contribution < -0.4 is 10.6 Å². The Morgan fingerprint density at radius 3 is 3.00 bits per heavy atom. The minimum absolute atomic E-state index is 0.0741. The number of amides is 1. The fraction of sp³-hybridized carbons (Fsp3) is 0.385. The Morgan fingerprint density at radius 2 is 2.28 bits per heavy atom. The number of hydrogen-bond acceptors (Lipinski definition) is 4. The fourth-order valence-electron chi connectivity index (χ4n) is 1.39. The van der Waals surface area contributed by atoms with Gasteiger partial charge in [0.25, 0.3) is 0 Å². The first-order valence-corrected chi connectivity index (χ1v) is 5.76. The average Bonchev–Trinajstić information content (AvgIpc) is 2.38. The number of anilines is 1. The predicted octanol–water partition coefficient (Wildman–Crippen LogP) is 1.12. The second-order valence-corrected chi connectivity index (χ2v) is 3.73. The van der Waals surface area contributed by atoms with Crippen LogP contribution in [0.15, 0.2) is 24.3 Å². The van der Waals surface area contributed by atoms with E-state index in [1.807, 2.05) is 6.07 Å². The van der Waals surface area contributed by atoms with Crippen LogP contribution in [0, 0.1) is 11.3 Å². The number of methoxy groups -OCH3 is 1. The highest BCUT2D eigenvalue weighted by atomic mass is 16.5. The van der Waals surface area contributed by atoms with Gasteiger partial charge in [0.05, 0.1) is 18.2 Å². The molecular formula is C13H17N3O2. The van der Waals surface area contributed by atoms with Crippen molar-refractivity contribution in [2.45, 2.75) is 6.42 Å². The van der Waals surface area contributed by atoms with Gasteiger partial charge >= 0.3 is 0 Å². The highest BCUT2D eigenvalue weighted by molar-refractivity contribution is 5.90. The molecule has 1 rings (SSSR count). The molecule has 0 saturated carbocycles. The number of benzene rings is 1. The zero-order valence-corrected chi connectivity index (χ0v) is 10.4. The Bertz CT molecular complexity index is 426. The standard InChI is InChI=1S/C13H17N3O2/c1-18-8-7-15-6-5-13(17)16-12-4-2-3-11(9-12)10-14/h2-4,9,15H,5-8H2,1H3,(H,16,17). The van der Waals surface area contributed by atoms with Gasteiger partial charge in [-0.2, -0.15) is 5.26 Å². The van der Waals surface area contributed by atoms with E-state index in [9.17, 15) is 4.79 Å². The maximum absolute atomic E-state index is 11.6. The molecule has 5 heteroatoms. The van der Waals surface area contributed by atoms with Crippen LogP contribution in [0.3, 0.4) is 0 Å². The van der Waals surface area contributed by atoms with E-state index in [1.165, 1.54) is 0 Å². The van der Waals surface area contributed by atoms with Crippen molar-refractivity contribution in [1.29, 1.82) is 5.26 Å². The Morgan fingerprint density at radius 1 is 1.44 bits per heavy atom. The summed E-state index contributed by atoms with van der Waals surface area (Å²) in [5, 5.41) is 14.6. The van der Waals surface area contributed by atoms with Gasteiger partial charge < -0.3 is 15.4 Å². The van der Waals surface area contributed by atoms with Crippen LogP contribution in [0.4, 0.5) is 5.69 Å². The lowest BCUT2D eigenvalue weighted by Gasteiger charge is -2.06. The predicted molar refractivity (Wildman–Crippen MR) is 69.1 cm³/mol. The van der Waals surface area contributed by atoms with Crippen LogP contribution in [0.1, 0.15) is 12.0 Å². The Labute approximate surface area is 107 Å². The maximum atomic E-state index is 11.6. The molecule has 96 valence electrons. The molecular weight excluding hydrogens is 230 g/mol. The molecule has 0 spiro atoms. The first-order valence-electron chi connectivity index (χ1n) is 5.76. The van der Waals surface area contributed by atoms with Crippen molar-refractivity contribution in [3.63, 3.8) is 0 Å². The van der Waals surface area contributed by atoms with E-state index in [0.717, 1.165) is 6.54 Å². The van der Waals surface area contributed by atoms with E-state index in [1.54, 1.807) is 31.4 Å². The molecule has 0 unspecified atom stereocenters. The molecule has 0 heterocycles. The minimum Gasteiger partial charge on any atom is -0.383 e. The van der Waals surface area contributed by atoms with E-state index in [4.69, 9.17) is 10.00 Å². The van der Waals surface area contributed by atoms with Crippen LogP contribution in [0.2, 0.25) is 0 Å². The first-order chi connectivity index (χ1) is 8.76. The summed E-state index contributed by atoms with van der Waals surface area (Å²) in [6, 6.07) is 8.88. The summed E-state index contributed by atoms with van der Waals surface area (Å²) in [5.41, 5.74) is 1.18. The van der Waals surface area contributed by atoms with E-state index in [0.29, 0.717) is 30.8 Å². The molecule has 0 fully saturated rings. The lowest BCUT2D eigenvalue weighted by Crippen LogP contribution is -2.24. The monoisotopic (exact) mass is 247 g/mol. The largest absolute Gasteiger partial charge is 0.383 e. The van der Waals surface area contributed by atoms with Crippen molar-refractivity contribution in [2.75, 3.05) is 32.1 Å². The van der Waals surface area contributed by atoms with Crippen molar-refractivity contribution in [3.8, 4) is 6.07 Å². The van der Waals surface area contributed by atoms with Crippen molar-refractivity contribution in [2.24, 2.45) is 0 Å². The second-order valence-electron chi connectivity index (χ2n) is 3.73. The molecule has 0 saturated heterocycles. The molecule has 5 nitrogen and oxygen atoms in total. The number of nitriles is 1. The summed E-state index contributed by atoms with van der Waals surface area (Å²) in [5.74, 6) is -0.0741. The van der Waals surface area contributed by atoms with Crippen molar-refractivity contribution >= 4 is 11.6 Å². The molecule has 1 aromatic carbocycles. The topological polar surface area (TPSA) is 74.2 Å². The molecule has 1 aromatic rings. The van der Waals surface area contributed by atoms with Crippen LogP contribution in [0.5, 0.6) is 0 Å². The van der Waals surface area contributed by atoms with Gasteiger partial charge in [-0.25, -0.2) is 0 Å². The van der Waals surface area contributed by atoms with Gasteiger partial charge in [0, 0.05) is 32.3 Å². The molecule has 0 aliphatic rings. The highest BCUT2D eigenvalue weighted by Crippen LogP contribution is 2.09. The number of ether oxygens (including phenoxy) is 1. The van der Waals surface area contributed by atoms with Gasteiger partial charge in [-0.15, -0.1) is 0 Å². The van der Waals surface area contributed by atoms with E-state index in [2.05, 4.69) is 10.6 Å². The van der Waals surface area contributed by atoms with Crippen LogP contribution in [-0.2, 0) is 9.53 Å².